The fourth-order valence-corrected chi connectivity index (χ4v) is 4.06. The van der Waals surface area contributed by atoms with Crippen LogP contribution in [0.5, 0.6) is 0 Å². The molecule has 1 fully saturated rings. The monoisotopic (exact) mass is 313 g/mol. The Morgan fingerprint density at radius 3 is 2.76 bits per heavy atom. The van der Waals surface area contributed by atoms with Gasteiger partial charge in [0.15, 0.2) is 9.84 Å². The van der Waals surface area contributed by atoms with Crippen LogP contribution in [-0.4, -0.2) is 75.1 Å². The number of aromatic nitrogens is 2. The SMILES string of the molecule is CN(C)CCNc1nccc(N(C)C2CCS(=O)(=O)C2)n1. The average molecular weight is 313 g/mol. The van der Waals surface area contributed by atoms with Crippen LogP contribution in [0.2, 0.25) is 0 Å². The van der Waals surface area contributed by atoms with Gasteiger partial charge in [0.1, 0.15) is 5.82 Å². The van der Waals surface area contributed by atoms with Gasteiger partial charge in [-0.15, -0.1) is 0 Å². The number of hydrogen-bond donors (Lipinski definition) is 1. The normalized spacial score (nSPS) is 20.7. The van der Waals surface area contributed by atoms with E-state index in [9.17, 15) is 8.42 Å². The third-order valence-electron chi connectivity index (χ3n) is 3.60. The molecular formula is C13H23N5O2S. The van der Waals surface area contributed by atoms with E-state index >= 15 is 0 Å². The van der Waals surface area contributed by atoms with Crippen LogP contribution in [0.3, 0.4) is 0 Å². The highest BCUT2D eigenvalue weighted by atomic mass is 32.2. The molecule has 7 nitrogen and oxygen atoms in total. The molecule has 21 heavy (non-hydrogen) atoms. The molecule has 0 aromatic carbocycles. The molecule has 8 heteroatoms. The van der Waals surface area contributed by atoms with Crippen LogP contribution >= 0.6 is 0 Å². The Morgan fingerprint density at radius 1 is 1.38 bits per heavy atom. The van der Waals surface area contributed by atoms with Crippen molar-refractivity contribution in [3.8, 4) is 0 Å². The summed E-state index contributed by atoms with van der Waals surface area (Å²) in [6.07, 6.45) is 2.35. The van der Waals surface area contributed by atoms with Crippen molar-refractivity contribution in [1.29, 1.82) is 0 Å². The zero-order valence-electron chi connectivity index (χ0n) is 12.8. The maximum Gasteiger partial charge on any atom is 0.224 e. The van der Waals surface area contributed by atoms with Gasteiger partial charge in [0.2, 0.25) is 5.95 Å². The van der Waals surface area contributed by atoms with Gasteiger partial charge in [-0.05, 0) is 26.6 Å². The lowest BCUT2D eigenvalue weighted by atomic mass is 10.2. The van der Waals surface area contributed by atoms with Gasteiger partial charge < -0.3 is 15.1 Å². The Balaban J connectivity index is 2.00. The first kappa shape index (κ1) is 16.0. The average Bonchev–Trinajstić information content (AvgIpc) is 2.78. The Morgan fingerprint density at radius 2 is 2.14 bits per heavy atom. The zero-order chi connectivity index (χ0) is 15.5. The summed E-state index contributed by atoms with van der Waals surface area (Å²) in [6.45, 7) is 1.66. The molecule has 1 atom stereocenters. The summed E-state index contributed by atoms with van der Waals surface area (Å²) in [6, 6.07) is 1.81. The summed E-state index contributed by atoms with van der Waals surface area (Å²) in [5.41, 5.74) is 0. The second-order valence-electron chi connectivity index (χ2n) is 5.64. The second-order valence-corrected chi connectivity index (χ2v) is 7.86. The minimum absolute atomic E-state index is 0.000440. The summed E-state index contributed by atoms with van der Waals surface area (Å²) in [7, 11) is 3.01. The van der Waals surface area contributed by atoms with Crippen LogP contribution in [0, 0.1) is 0 Å². The Labute approximate surface area is 126 Å². The van der Waals surface area contributed by atoms with Crippen molar-refractivity contribution >= 4 is 21.6 Å². The van der Waals surface area contributed by atoms with Crippen molar-refractivity contribution in [1.82, 2.24) is 14.9 Å². The molecule has 1 aliphatic heterocycles. The molecule has 0 aliphatic carbocycles. The van der Waals surface area contributed by atoms with Crippen LogP contribution in [-0.2, 0) is 9.84 Å². The van der Waals surface area contributed by atoms with Crippen LogP contribution in [0.25, 0.3) is 0 Å². The highest BCUT2D eigenvalue weighted by Crippen LogP contribution is 2.21. The topological polar surface area (TPSA) is 78.4 Å². The Hall–Kier alpha value is -1.41. The van der Waals surface area contributed by atoms with Gasteiger partial charge in [-0.25, -0.2) is 13.4 Å². The maximum atomic E-state index is 11.6. The maximum absolute atomic E-state index is 11.6. The van der Waals surface area contributed by atoms with E-state index in [4.69, 9.17) is 0 Å². The number of nitrogens with zero attached hydrogens (tertiary/aromatic N) is 4. The molecular weight excluding hydrogens is 290 g/mol. The molecule has 0 radical (unpaired) electrons. The summed E-state index contributed by atoms with van der Waals surface area (Å²) >= 11 is 0. The second kappa shape index (κ2) is 6.57. The third kappa shape index (κ3) is 4.53. The van der Waals surface area contributed by atoms with Crippen LogP contribution in [0.1, 0.15) is 6.42 Å². The molecule has 2 heterocycles. The summed E-state index contributed by atoms with van der Waals surface area (Å²) < 4.78 is 23.1. The summed E-state index contributed by atoms with van der Waals surface area (Å²) in [5.74, 6) is 1.79. The molecule has 0 saturated carbocycles. The van der Waals surface area contributed by atoms with E-state index in [0.29, 0.717) is 12.4 Å². The van der Waals surface area contributed by atoms with Gasteiger partial charge in [0.05, 0.1) is 11.5 Å². The van der Waals surface area contributed by atoms with Gasteiger partial charge in [-0.2, -0.15) is 4.98 Å². The van der Waals surface area contributed by atoms with E-state index in [1.165, 1.54) is 0 Å². The minimum Gasteiger partial charge on any atom is -0.355 e. The minimum atomic E-state index is -2.89. The molecule has 1 saturated heterocycles. The first-order valence-corrected chi connectivity index (χ1v) is 8.84. The van der Waals surface area contributed by atoms with E-state index < -0.39 is 9.84 Å². The largest absolute Gasteiger partial charge is 0.355 e. The van der Waals surface area contributed by atoms with Crippen molar-refractivity contribution in [2.45, 2.75) is 12.5 Å². The summed E-state index contributed by atoms with van der Waals surface area (Å²) in [4.78, 5) is 12.7. The molecule has 0 spiro atoms. The van der Waals surface area contributed by atoms with Gasteiger partial charge in [0, 0.05) is 32.4 Å². The third-order valence-corrected chi connectivity index (χ3v) is 5.35. The van der Waals surface area contributed by atoms with Gasteiger partial charge in [-0.1, -0.05) is 0 Å². The standard InChI is InChI=1S/C13H23N5O2S/c1-17(2)8-7-15-13-14-6-4-12(16-13)18(3)11-5-9-21(19,20)10-11/h4,6,11H,5,7-10H2,1-3H3,(H,14,15,16). The predicted molar refractivity (Wildman–Crippen MR) is 84.5 cm³/mol. The molecule has 1 aromatic rings. The van der Waals surface area contributed by atoms with Crippen LogP contribution < -0.4 is 10.2 Å². The highest BCUT2D eigenvalue weighted by molar-refractivity contribution is 7.91. The zero-order valence-corrected chi connectivity index (χ0v) is 13.6. The Kier molecular flexibility index (Phi) is 5.00. The quantitative estimate of drug-likeness (QED) is 0.796. The lowest BCUT2D eigenvalue weighted by Gasteiger charge is -2.24. The molecule has 0 bridgehead atoms. The van der Waals surface area contributed by atoms with Crippen LogP contribution in [0.15, 0.2) is 12.3 Å². The molecule has 0 amide bonds. The number of anilines is 2. The van der Waals surface area contributed by atoms with Crippen LogP contribution in [0.4, 0.5) is 11.8 Å². The Bertz CT molecular complexity index is 576. The number of sulfone groups is 1. The lowest BCUT2D eigenvalue weighted by molar-refractivity contribution is 0.425. The number of rotatable bonds is 6. The van der Waals surface area contributed by atoms with Crippen molar-refractivity contribution in [2.75, 3.05) is 56.0 Å². The molecule has 1 unspecified atom stereocenters. The number of nitrogens with one attached hydrogen (secondary N) is 1. The summed E-state index contributed by atoms with van der Waals surface area (Å²) in [5, 5.41) is 3.17. The van der Waals surface area contributed by atoms with Crippen molar-refractivity contribution in [2.24, 2.45) is 0 Å². The predicted octanol–water partition coefficient (Wildman–Crippen LogP) is 0.0734. The van der Waals surface area contributed by atoms with E-state index in [2.05, 4.69) is 20.2 Å². The molecule has 2 rings (SSSR count). The van der Waals surface area contributed by atoms with Gasteiger partial charge in [0.25, 0.3) is 0 Å². The first-order valence-electron chi connectivity index (χ1n) is 7.02. The molecule has 1 aliphatic rings. The molecule has 1 N–H and O–H groups in total. The number of likely N-dealkylation sites (N-methyl/N-ethyl adjacent to an activating group) is 1. The van der Waals surface area contributed by atoms with Crippen molar-refractivity contribution < 1.29 is 8.42 Å². The van der Waals surface area contributed by atoms with Gasteiger partial charge >= 0.3 is 0 Å². The van der Waals surface area contributed by atoms with E-state index in [1.807, 2.05) is 32.1 Å². The smallest absolute Gasteiger partial charge is 0.224 e. The molecule has 118 valence electrons. The van der Waals surface area contributed by atoms with E-state index in [0.717, 1.165) is 18.9 Å². The fourth-order valence-electron chi connectivity index (χ4n) is 2.29. The first-order chi connectivity index (χ1) is 9.87. The van der Waals surface area contributed by atoms with Crippen molar-refractivity contribution in [3.63, 3.8) is 0 Å². The van der Waals surface area contributed by atoms with Gasteiger partial charge in [-0.3, -0.25) is 0 Å². The fraction of sp³-hybridized carbons (Fsp3) is 0.692. The lowest BCUT2D eigenvalue weighted by Crippen LogP contribution is -2.33. The van der Waals surface area contributed by atoms with E-state index in [-0.39, 0.29) is 17.5 Å². The molecule has 1 aromatic heterocycles. The number of hydrogen-bond acceptors (Lipinski definition) is 7. The van der Waals surface area contributed by atoms with E-state index in [1.54, 1.807) is 6.20 Å². The highest BCUT2D eigenvalue weighted by Gasteiger charge is 2.31. The van der Waals surface area contributed by atoms with Crippen molar-refractivity contribution in [3.05, 3.63) is 12.3 Å².